The van der Waals surface area contributed by atoms with Crippen LogP contribution in [0.3, 0.4) is 0 Å². The van der Waals surface area contributed by atoms with Crippen LogP contribution in [0.15, 0.2) is 60.7 Å². The molecule has 4 heteroatoms. The van der Waals surface area contributed by atoms with Crippen LogP contribution in [0.1, 0.15) is 18.4 Å². The van der Waals surface area contributed by atoms with E-state index in [1.54, 1.807) is 0 Å². The summed E-state index contributed by atoms with van der Waals surface area (Å²) in [6.45, 7) is 4.43. The fourth-order valence-electron chi connectivity index (χ4n) is 3.59. The zero-order valence-electron chi connectivity index (χ0n) is 14.0. The first kappa shape index (κ1) is 18.8. The van der Waals surface area contributed by atoms with Crippen molar-refractivity contribution in [2.45, 2.75) is 25.5 Å². The number of hydrogen-bond donors (Lipinski definition) is 1. The molecule has 0 spiro atoms. The number of halogens is 1. The minimum Gasteiger partial charge on any atom is -1.00 e. The zero-order valence-corrected chi connectivity index (χ0v) is 14.7. The van der Waals surface area contributed by atoms with E-state index in [4.69, 9.17) is 4.74 Å². The Morgan fingerprint density at radius 1 is 0.917 bits per heavy atom. The van der Waals surface area contributed by atoms with Crippen LogP contribution in [-0.2, 0) is 6.54 Å². The molecular formula is C20H26ClNO2. The van der Waals surface area contributed by atoms with E-state index >= 15 is 0 Å². The molecule has 1 fully saturated rings. The number of ether oxygens (including phenoxy) is 1. The molecule has 1 aliphatic rings. The summed E-state index contributed by atoms with van der Waals surface area (Å²) >= 11 is 0. The van der Waals surface area contributed by atoms with Gasteiger partial charge in [0.05, 0.1) is 13.1 Å². The summed E-state index contributed by atoms with van der Waals surface area (Å²) in [6.07, 6.45) is 2.06. The van der Waals surface area contributed by atoms with Crippen LogP contribution in [0.4, 0.5) is 0 Å². The summed E-state index contributed by atoms with van der Waals surface area (Å²) in [5.41, 5.74) is 1.35. The molecule has 1 unspecified atom stereocenters. The van der Waals surface area contributed by atoms with Crippen molar-refractivity contribution in [3.8, 4) is 5.75 Å². The molecule has 0 aromatic heterocycles. The Labute approximate surface area is 150 Å². The van der Waals surface area contributed by atoms with Gasteiger partial charge in [0.25, 0.3) is 0 Å². The standard InChI is InChI=1S/C20H26NO2.ClH/c22-19(17-23-20-11-5-2-6-12-20)16-21(13-7-8-14-21)15-18-9-3-1-4-10-18;/h1-6,9-12,19,22H,7-8,13-17H2;1H/q+1;/p-1. The Bertz CT molecular complexity index is 585. The van der Waals surface area contributed by atoms with Crippen LogP contribution < -0.4 is 17.1 Å². The topological polar surface area (TPSA) is 29.5 Å². The van der Waals surface area contributed by atoms with Gasteiger partial charge in [0.1, 0.15) is 31.5 Å². The van der Waals surface area contributed by atoms with Gasteiger partial charge in [-0.15, -0.1) is 0 Å². The van der Waals surface area contributed by atoms with Crippen molar-refractivity contribution in [2.24, 2.45) is 0 Å². The van der Waals surface area contributed by atoms with Crippen LogP contribution in [0, 0.1) is 0 Å². The van der Waals surface area contributed by atoms with Gasteiger partial charge in [-0.2, -0.15) is 0 Å². The Kier molecular flexibility index (Phi) is 7.10. The quantitative estimate of drug-likeness (QED) is 0.727. The maximum Gasteiger partial charge on any atom is 0.137 e. The van der Waals surface area contributed by atoms with Gasteiger partial charge in [-0.3, -0.25) is 0 Å². The molecule has 1 heterocycles. The normalized spacial score (nSPS) is 17.0. The Balaban J connectivity index is 0.00000208. The minimum absolute atomic E-state index is 0. The van der Waals surface area contributed by atoms with Gasteiger partial charge in [-0.1, -0.05) is 48.5 Å². The molecule has 0 aliphatic carbocycles. The summed E-state index contributed by atoms with van der Waals surface area (Å²) in [4.78, 5) is 0. The van der Waals surface area contributed by atoms with Gasteiger partial charge in [0, 0.05) is 18.4 Å². The van der Waals surface area contributed by atoms with Crippen molar-refractivity contribution in [1.82, 2.24) is 0 Å². The SMILES string of the molecule is OC(COc1ccccc1)C[N+]1(Cc2ccccc2)CCCC1.[Cl-]. The third-order valence-electron chi connectivity index (χ3n) is 4.66. The summed E-state index contributed by atoms with van der Waals surface area (Å²) in [6, 6.07) is 20.3. The Morgan fingerprint density at radius 3 is 2.12 bits per heavy atom. The van der Waals surface area contributed by atoms with Crippen LogP contribution in [-0.4, -0.2) is 41.9 Å². The van der Waals surface area contributed by atoms with Gasteiger partial charge < -0.3 is 26.7 Å². The second-order valence-electron chi connectivity index (χ2n) is 6.60. The van der Waals surface area contributed by atoms with Crippen LogP contribution >= 0.6 is 0 Å². The molecule has 0 amide bonds. The molecule has 2 aromatic rings. The number of likely N-dealkylation sites (tertiary alicyclic amines) is 1. The summed E-state index contributed by atoms with van der Waals surface area (Å²) in [7, 11) is 0. The number of aliphatic hydroxyl groups is 1. The molecule has 3 nitrogen and oxygen atoms in total. The number of benzene rings is 2. The lowest BCUT2D eigenvalue weighted by Gasteiger charge is -2.36. The summed E-state index contributed by atoms with van der Waals surface area (Å²) in [5, 5.41) is 10.5. The molecule has 1 atom stereocenters. The van der Waals surface area contributed by atoms with E-state index in [1.165, 1.54) is 18.4 Å². The van der Waals surface area contributed by atoms with E-state index in [-0.39, 0.29) is 12.4 Å². The van der Waals surface area contributed by atoms with E-state index in [0.29, 0.717) is 6.61 Å². The smallest absolute Gasteiger partial charge is 0.137 e. The van der Waals surface area contributed by atoms with Gasteiger partial charge >= 0.3 is 0 Å². The highest BCUT2D eigenvalue weighted by atomic mass is 35.5. The molecule has 0 bridgehead atoms. The van der Waals surface area contributed by atoms with Crippen molar-refractivity contribution >= 4 is 0 Å². The van der Waals surface area contributed by atoms with Gasteiger partial charge in [0.2, 0.25) is 0 Å². The monoisotopic (exact) mass is 347 g/mol. The third kappa shape index (κ3) is 5.23. The Morgan fingerprint density at radius 2 is 1.50 bits per heavy atom. The van der Waals surface area contributed by atoms with E-state index in [9.17, 15) is 5.11 Å². The fourth-order valence-corrected chi connectivity index (χ4v) is 3.59. The highest BCUT2D eigenvalue weighted by molar-refractivity contribution is 5.20. The molecule has 3 rings (SSSR count). The lowest BCUT2D eigenvalue weighted by molar-refractivity contribution is -0.932. The summed E-state index contributed by atoms with van der Waals surface area (Å²) < 4.78 is 6.69. The minimum atomic E-state index is -0.433. The highest BCUT2D eigenvalue weighted by Crippen LogP contribution is 2.24. The zero-order chi connectivity index (χ0) is 16.0. The van der Waals surface area contributed by atoms with Crippen molar-refractivity contribution in [3.05, 3.63) is 66.2 Å². The number of aliphatic hydroxyl groups excluding tert-OH is 1. The van der Waals surface area contributed by atoms with Crippen LogP contribution in [0.2, 0.25) is 0 Å². The van der Waals surface area contributed by atoms with E-state index in [1.807, 2.05) is 30.3 Å². The molecule has 1 aliphatic heterocycles. The number of para-hydroxylation sites is 1. The summed E-state index contributed by atoms with van der Waals surface area (Å²) in [5.74, 6) is 0.822. The third-order valence-corrected chi connectivity index (χ3v) is 4.66. The van der Waals surface area contributed by atoms with Crippen molar-refractivity contribution in [1.29, 1.82) is 0 Å². The largest absolute Gasteiger partial charge is 1.00 e. The molecule has 0 radical (unpaired) electrons. The highest BCUT2D eigenvalue weighted by Gasteiger charge is 2.34. The van der Waals surface area contributed by atoms with Crippen LogP contribution in [0.5, 0.6) is 5.75 Å². The second-order valence-corrected chi connectivity index (χ2v) is 6.60. The molecule has 2 aromatic carbocycles. The van der Waals surface area contributed by atoms with Crippen LogP contribution in [0.25, 0.3) is 0 Å². The van der Waals surface area contributed by atoms with E-state index in [2.05, 4.69) is 30.3 Å². The molecular weight excluding hydrogens is 322 g/mol. The van der Waals surface area contributed by atoms with Crippen molar-refractivity contribution in [2.75, 3.05) is 26.2 Å². The number of quaternary nitrogens is 1. The number of rotatable bonds is 7. The molecule has 130 valence electrons. The lowest BCUT2D eigenvalue weighted by Crippen LogP contribution is -3.00. The molecule has 1 N–H and O–H groups in total. The first-order chi connectivity index (χ1) is 11.3. The van der Waals surface area contributed by atoms with Gasteiger partial charge in [-0.05, 0) is 12.1 Å². The molecule has 1 saturated heterocycles. The predicted molar refractivity (Wildman–Crippen MR) is 92.2 cm³/mol. The van der Waals surface area contributed by atoms with Crippen molar-refractivity contribution < 1.29 is 26.7 Å². The number of nitrogens with zero attached hydrogens (tertiary/aromatic N) is 1. The maximum atomic E-state index is 10.5. The van der Waals surface area contributed by atoms with E-state index in [0.717, 1.165) is 36.4 Å². The maximum absolute atomic E-state index is 10.5. The molecule has 24 heavy (non-hydrogen) atoms. The average Bonchev–Trinajstić information content (AvgIpc) is 3.03. The van der Waals surface area contributed by atoms with Gasteiger partial charge in [-0.25, -0.2) is 0 Å². The first-order valence-corrected chi connectivity index (χ1v) is 8.51. The lowest BCUT2D eigenvalue weighted by atomic mass is 10.1. The average molecular weight is 348 g/mol. The fraction of sp³-hybridized carbons (Fsp3) is 0.400. The first-order valence-electron chi connectivity index (χ1n) is 8.51. The van der Waals surface area contributed by atoms with Crippen molar-refractivity contribution in [3.63, 3.8) is 0 Å². The predicted octanol–water partition coefficient (Wildman–Crippen LogP) is 0.241. The molecule has 0 saturated carbocycles. The second kappa shape index (κ2) is 9.07. The Hall–Kier alpha value is -1.55. The van der Waals surface area contributed by atoms with Gasteiger partial charge in [0.15, 0.2) is 0 Å². The number of hydrogen-bond acceptors (Lipinski definition) is 2. The van der Waals surface area contributed by atoms with E-state index < -0.39 is 6.10 Å².